The molecule has 6 heteroatoms. The second-order valence-corrected chi connectivity index (χ2v) is 9.64. The fraction of sp³-hybridized carbons (Fsp3) is 0.682. The fourth-order valence-corrected chi connectivity index (χ4v) is 4.71. The van der Waals surface area contributed by atoms with Gasteiger partial charge in [-0.15, -0.1) is 0 Å². The highest BCUT2D eigenvalue weighted by atomic mass is 16.3. The van der Waals surface area contributed by atoms with E-state index in [0.717, 1.165) is 12.8 Å². The second kappa shape index (κ2) is 7.91. The molecule has 1 unspecified atom stereocenters. The summed E-state index contributed by atoms with van der Waals surface area (Å²) in [4.78, 5) is 11.2. The zero-order chi connectivity index (χ0) is 19.7. The third-order valence-corrected chi connectivity index (χ3v) is 6.82. The van der Waals surface area contributed by atoms with Gasteiger partial charge in [0.2, 0.25) is 0 Å². The van der Waals surface area contributed by atoms with Crippen LogP contribution in [-0.2, 0) is 0 Å². The zero-order valence-corrected chi connectivity index (χ0v) is 17.0. The average Bonchev–Trinajstić information content (AvgIpc) is 3.07. The number of benzene rings is 1. The molecule has 0 aromatic heterocycles. The molecule has 0 radical (unpaired) electrons. The van der Waals surface area contributed by atoms with Crippen LogP contribution >= 0.6 is 0 Å². The average molecular weight is 387 g/mol. The van der Waals surface area contributed by atoms with Crippen molar-refractivity contribution in [2.24, 2.45) is 5.41 Å². The molecule has 1 aromatic rings. The molecule has 1 heterocycles. The smallest absolute Gasteiger partial charge is 0.315 e. The van der Waals surface area contributed by atoms with Crippen LogP contribution in [0.1, 0.15) is 63.9 Å². The summed E-state index contributed by atoms with van der Waals surface area (Å²) in [5, 5.41) is 22.4. The minimum Gasteiger partial charge on any atom is -0.382 e. The molecule has 0 bridgehead atoms. The maximum atomic E-state index is 11.2. The van der Waals surface area contributed by atoms with Crippen molar-refractivity contribution in [1.82, 2.24) is 16.0 Å². The predicted molar refractivity (Wildman–Crippen MR) is 111 cm³/mol. The standard InChI is InChI=1S/C22H34N4O2/c1-22(2)9-7-15(8-10-22)14-3-5-16(6-4-14)24-17-11-18(12-17)25-20(27)19-13-23-21(28)26-19/h3-6,15,17-20,24-25,27H,7-13H2,1-2H3,(H2,23,26,28)/t17?,18?,19-,20?/m1/s1. The molecule has 1 aromatic carbocycles. The number of aliphatic hydroxyl groups excluding tert-OH is 1. The molecule has 2 amide bonds. The Morgan fingerprint density at radius 2 is 1.79 bits per heavy atom. The Kier molecular flexibility index (Phi) is 5.52. The van der Waals surface area contributed by atoms with Crippen LogP contribution in [0, 0.1) is 5.41 Å². The van der Waals surface area contributed by atoms with Gasteiger partial charge in [-0.25, -0.2) is 4.79 Å². The molecule has 1 aliphatic heterocycles. The van der Waals surface area contributed by atoms with Gasteiger partial charge in [0.25, 0.3) is 0 Å². The summed E-state index contributed by atoms with van der Waals surface area (Å²) < 4.78 is 0. The first-order valence-electron chi connectivity index (χ1n) is 10.7. The lowest BCUT2D eigenvalue weighted by molar-refractivity contribution is 0.0757. The first-order valence-corrected chi connectivity index (χ1v) is 10.7. The van der Waals surface area contributed by atoms with Gasteiger partial charge in [-0.3, -0.25) is 5.32 Å². The van der Waals surface area contributed by atoms with E-state index in [9.17, 15) is 9.90 Å². The van der Waals surface area contributed by atoms with Crippen molar-refractivity contribution in [3.8, 4) is 0 Å². The van der Waals surface area contributed by atoms with Gasteiger partial charge in [-0.05, 0) is 67.6 Å². The number of hydrogen-bond acceptors (Lipinski definition) is 4. The Morgan fingerprint density at radius 1 is 1.11 bits per heavy atom. The highest BCUT2D eigenvalue weighted by Gasteiger charge is 2.34. The van der Waals surface area contributed by atoms with Gasteiger partial charge in [0.15, 0.2) is 0 Å². The van der Waals surface area contributed by atoms with Crippen LogP contribution < -0.4 is 21.3 Å². The summed E-state index contributed by atoms with van der Waals surface area (Å²) in [6, 6.07) is 9.27. The summed E-state index contributed by atoms with van der Waals surface area (Å²) in [6.45, 7) is 5.24. The fourth-order valence-electron chi connectivity index (χ4n) is 4.71. The number of carbonyl (C=O) groups excluding carboxylic acids is 1. The molecule has 0 spiro atoms. The van der Waals surface area contributed by atoms with Crippen molar-refractivity contribution in [3.63, 3.8) is 0 Å². The number of amides is 2. The Hall–Kier alpha value is -1.79. The van der Waals surface area contributed by atoms with E-state index in [0.29, 0.717) is 23.9 Å². The lowest BCUT2D eigenvalue weighted by Crippen LogP contribution is -2.56. The van der Waals surface area contributed by atoms with Crippen molar-refractivity contribution < 1.29 is 9.90 Å². The lowest BCUT2D eigenvalue weighted by atomic mass is 9.71. The highest BCUT2D eigenvalue weighted by molar-refractivity contribution is 5.76. The number of urea groups is 1. The summed E-state index contributed by atoms with van der Waals surface area (Å²) >= 11 is 0. The van der Waals surface area contributed by atoms with E-state index in [2.05, 4.69) is 59.4 Å². The molecule has 5 N–H and O–H groups in total. The number of nitrogens with one attached hydrogen (secondary N) is 4. The number of hydrogen-bond donors (Lipinski definition) is 5. The van der Waals surface area contributed by atoms with Gasteiger partial charge in [0.05, 0.1) is 6.04 Å². The van der Waals surface area contributed by atoms with Gasteiger partial charge in [0.1, 0.15) is 6.23 Å². The minimum absolute atomic E-state index is 0.209. The maximum absolute atomic E-state index is 11.2. The number of rotatable bonds is 6. The van der Waals surface area contributed by atoms with Crippen molar-refractivity contribution in [3.05, 3.63) is 29.8 Å². The molecular formula is C22H34N4O2. The molecule has 2 atom stereocenters. The number of anilines is 1. The maximum Gasteiger partial charge on any atom is 0.315 e. The molecule has 1 saturated heterocycles. The van der Waals surface area contributed by atoms with Crippen molar-refractivity contribution in [1.29, 1.82) is 0 Å². The predicted octanol–water partition coefficient (Wildman–Crippen LogP) is 2.90. The Labute approximate surface area is 167 Å². The van der Waals surface area contributed by atoms with Crippen LogP contribution in [0.2, 0.25) is 0 Å². The van der Waals surface area contributed by atoms with Crippen LogP contribution in [-0.4, -0.2) is 42.0 Å². The SMILES string of the molecule is CC1(C)CCC(c2ccc(NC3CC(NC(O)[C@H]4CNC(=O)N4)C3)cc2)CC1. The van der Waals surface area contributed by atoms with Crippen LogP contribution in [0.3, 0.4) is 0 Å². The Bertz CT molecular complexity index is 674. The van der Waals surface area contributed by atoms with Crippen LogP contribution in [0.4, 0.5) is 10.5 Å². The van der Waals surface area contributed by atoms with E-state index in [1.807, 2.05) is 0 Å². The van der Waals surface area contributed by atoms with Crippen LogP contribution in [0.25, 0.3) is 0 Å². The van der Waals surface area contributed by atoms with Gasteiger partial charge < -0.3 is 21.1 Å². The first kappa shape index (κ1) is 19.5. The molecular weight excluding hydrogens is 352 g/mol. The minimum atomic E-state index is -0.704. The summed E-state index contributed by atoms with van der Waals surface area (Å²) in [5.74, 6) is 0.714. The van der Waals surface area contributed by atoms with Gasteiger partial charge in [-0.1, -0.05) is 26.0 Å². The van der Waals surface area contributed by atoms with Gasteiger partial charge >= 0.3 is 6.03 Å². The van der Waals surface area contributed by atoms with E-state index in [1.54, 1.807) is 0 Å². The second-order valence-electron chi connectivity index (χ2n) is 9.64. The molecule has 2 saturated carbocycles. The van der Waals surface area contributed by atoms with Crippen molar-refractivity contribution in [2.75, 3.05) is 11.9 Å². The van der Waals surface area contributed by atoms with E-state index >= 15 is 0 Å². The molecule has 3 aliphatic rings. The van der Waals surface area contributed by atoms with E-state index in [4.69, 9.17) is 0 Å². The third kappa shape index (κ3) is 4.61. The largest absolute Gasteiger partial charge is 0.382 e. The summed E-state index contributed by atoms with van der Waals surface area (Å²) in [7, 11) is 0. The third-order valence-electron chi connectivity index (χ3n) is 6.82. The zero-order valence-electron chi connectivity index (χ0n) is 17.0. The van der Waals surface area contributed by atoms with E-state index in [-0.39, 0.29) is 18.1 Å². The normalized spacial score (nSPS) is 30.8. The van der Waals surface area contributed by atoms with Crippen molar-refractivity contribution >= 4 is 11.7 Å². The Balaban J connectivity index is 1.19. The summed E-state index contributed by atoms with van der Waals surface area (Å²) in [6.07, 6.45) is 6.49. The first-order chi connectivity index (χ1) is 13.4. The molecule has 28 heavy (non-hydrogen) atoms. The summed E-state index contributed by atoms with van der Waals surface area (Å²) in [5.41, 5.74) is 3.17. The van der Waals surface area contributed by atoms with Crippen molar-refractivity contribution in [2.45, 2.75) is 82.6 Å². The van der Waals surface area contributed by atoms with Crippen LogP contribution in [0.5, 0.6) is 0 Å². The lowest BCUT2D eigenvalue weighted by Gasteiger charge is -2.39. The Morgan fingerprint density at radius 3 is 2.39 bits per heavy atom. The number of carbonyl (C=O) groups is 1. The molecule has 2 aliphatic carbocycles. The monoisotopic (exact) mass is 386 g/mol. The van der Waals surface area contributed by atoms with E-state index < -0.39 is 6.23 Å². The number of aliphatic hydroxyl groups is 1. The van der Waals surface area contributed by atoms with Crippen LogP contribution in [0.15, 0.2) is 24.3 Å². The quantitative estimate of drug-likeness (QED) is 0.487. The topological polar surface area (TPSA) is 85.4 Å². The molecule has 3 fully saturated rings. The van der Waals surface area contributed by atoms with Gasteiger partial charge in [0, 0.05) is 24.3 Å². The highest BCUT2D eigenvalue weighted by Crippen LogP contribution is 2.42. The van der Waals surface area contributed by atoms with Gasteiger partial charge in [-0.2, -0.15) is 0 Å². The molecule has 6 nitrogen and oxygen atoms in total. The molecule has 154 valence electrons. The van der Waals surface area contributed by atoms with E-state index in [1.165, 1.54) is 36.9 Å². The molecule has 4 rings (SSSR count).